The van der Waals surface area contributed by atoms with E-state index in [0.717, 1.165) is 23.6 Å². The molecule has 0 saturated carbocycles. The molecule has 0 aliphatic carbocycles. The number of fused-ring (bicyclic) bond motifs is 1. The highest BCUT2D eigenvalue weighted by atomic mass is 32.2. The van der Waals surface area contributed by atoms with E-state index in [1.807, 2.05) is 12.1 Å². The first kappa shape index (κ1) is 25.3. The molecular formula is C23H15F4N5O2S2. The molecule has 0 spiro atoms. The molecule has 0 saturated heterocycles. The second-order valence-electron chi connectivity index (χ2n) is 7.80. The molecule has 0 radical (unpaired) electrons. The highest BCUT2D eigenvalue weighted by Crippen LogP contribution is 2.38. The molecule has 0 aliphatic heterocycles. The SMILES string of the molecule is Cc1cc2c(cc1F)c(C#N)c(-c1ccc(S(=O)(=O)N[C@@H](C)C(F)(F)F)cn1)n2-c1ccc(C#N)s1. The summed E-state index contributed by atoms with van der Waals surface area (Å²) in [7, 11) is -4.54. The Bertz CT molecular complexity index is 1680. The molecule has 0 bridgehead atoms. The number of nitriles is 2. The number of alkyl halides is 3. The fraction of sp³-hybridized carbons (Fsp3) is 0.174. The molecular weight excluding hydrogens is 518 g/mol. The smallest absolute Gasteiger partial charge is 0.298 e. The van der Waals surface area contributed by atoms with Crippen molar-refractivity contribution in [3.63, 3.8) is 0 Å². The summed E-state index contributed by atoms with van der Waals surface area (Å²) in [5, 5.41) is 20.0. The van der Waals surface area contributed by atoms with Crippen LogP contribution in [0.4, 0.5) is 17.6 Å². The van der Waals surface area contributed by atoms with Gasteiger partial charge in [-0.25, -0.2) is 12.8 Å². The van der Waals surface area contributed by atoms with Crippen LogP contribution in [-0.4, -0.2) is 30.2 Å². The third-order valence-electron chi connectivity index (χ3n) is 5.39. The summed E-state index contributed by atoms with van der Waals surface area (Å²) in [6, 6.07) is 10.0. The number of halogens is 4. The minimum Gasteiger partial charge on any atom is -0.298 e. The van der Waals surface area contributed by atoms with Crippen LogP contribution in [0.3, 0.4) is 0 Å². The van der Waals surface area contributed by atoms with Crippen LogP contribution >= 0.6 is 11.3 Å². The molecule has 1 aromatic carbocycles. The first-order valence-electron chi connectivity index (χ1n) is 10.2. The van der Waals surface area contributed by atoms with Crippen molar-refractivity contribution in [1.29, 1.82) is 10.5 Å². The van der Waals surface area contributed by atoms with Gasteiger partial charge in [-0.1, -0.05) is 0 Å². The molecule has 3 heterocycles. The van der Waals surface area contributed by atoms with E-state index in [4.69, 9.17) is 0 Å². The van der Waals surface area contributed by atoms with Crippen LogP contribution in [-0.2, 0) is 10.0 Å². The van der Waals surface area contributed by atoms with E-state index in [1.165, 1.54) is 12.1 Å². The molecule has 1 atom stereocenters. The van der Waals surface area contributed by atoms with Crippen LogP contribution in [0.5, 0.6) is 0 Å². The number of aryl methyl sites for hydroxylation is 1. The number of hydrogen-bond donors (Lipinski definition) is 1. The molecule has 7 nitrogen and oxygen atoms in total. The Labute approximate surface area is 206 Å². The Balaban J connectivity index is 1.91. The molecule has 0 fully saturated rings. The van der Waals surface area contributed by atoms with E-state index in [0.29, 0.717) is 27.9 Å². The second kappa shape index (κ2) is 9.02. The molecule has 184 valence electrons. The maximum absolute atomic E-state index is 14.4. The quantitative estimate of drug-likeness (QED) is 0.356. The van der Waals surface area contributed by atoms with Gasteiger partial charge in [-0.3, -0.25) is 9.55 Å². The normalized spacial score (nSPS) is 12.9. The van der Waals surface area contributed by atoms with Gasteiger partial charge in [-0.2, -0.15) is 28.4 Å². The van der Waals surface area contributed by atoms with Crippen molar-refractivity contribution in [2.24, 2.45) is 0 Å². The first-order chi connectivity index (χ1) is 16.9. The molecule has 4 rings (SSSR count). The van der Waals surface area contributed by atoms with Gasteiger partial charge in [-0.05, 0) is 55.8 Å². The van der Waals surface area contributed by atoms with Gasteiger partial charge >= 0.3 is 6.18 Å². The highest BCUT2D eigenvalue weighted by Gasteiger charge is 2.39. The molecule has 3 aromatic heterocycles. The fourth-order valence-corrected chi connectivity index (χ4v) is 5.55. The van der Waals surface area contributed by atoms with Crippen LogP contribution in [0, 0.1) is 35.4 Å². The third-order valence-corrected chi connectivity index (χ3v) is 7.90. The molecule has 0 amide bonds. The van der Waals surface area contributed by atoms with E-state index >= 15 is 0 Å². The standard InChI is InChI=1S/C23H15F4N5O2S2/c1-12-7-20-16(8-18(12)24)17(10-29)22(32(20)21-6-3-14(9-28)35-21)19-5-4-15(11-30-19)36(33,34)31-13(2)23(25,26)27/h3-8,11,13,31H,1-2H3/t13-/m0/s1. The molecule has 0 unspecified atom stereocenters. The van der Waals surface area contributed by atoms with E-state index in [2.05, 4.69) is 4.98 Å². The van der Waals surface area contributed by atoms with Crippen LogP contribution in [0.1, 0.15) is 22.9 Å². The molecule has 1 N–H and O–H groups in total. The van der Waals surface area contributed by atoms with E-state index in [-0.39, 0.29) is 22.3 Å². The zero-order valence-corrected chi connectivity index (χ0v) is 20.2. The minimum atomic E-state index is -4.78. The Morgan fingerprint density at radius 2 is 1.86 bits per heavy atom. The van der Waals surface area contributed by atoms with Gasteiger partial charge < -0.3 is 0 Å². The maximum Gasteiger partial charge on any atom is 0.404 e. The van der Waals surface area contributed by atoms with Crippen molar-refractivity contribution in [3.05, 3.63) is 64.4 Å². The summed E-state index contributed by atoms with van der Waals surface area (Å²) < 4.78 is 80.9. The van der Waals surface area contributed by atoms with E-state index in [1.54, 1.807) is 34.4 Å². The number of sulfonamides is 1. The third kappa shape index (κ3) is 4.44. The van der Waals surface area contributed by atoms with E-state index < -0.39 is 33.0 Å². The second-order valence-corrected chi connectivity index (χ2v) is 10.6. The topological polar surface area (TPSA) is 112 Å². The van der Waals surface area contributed by atoms with Gasteiger partial charge in [0, 0.05) is 11.6 Å². The maximum atomic E-state index is 14.4. The summed E-state index contributed by atoms with van der Waals surface area (Å²) in [6.07, 6.45) is -3.90. The summed E-state index contributed by atoms with van der Waals surface area (Å²) >= 11 is 1.12. The van der Waals surface area contributed by atoms with Crippen molar-refractivity contribution in [2.45, 2.75) is 31.0 Å². The summed E-state index contributed by atoms with van der Waals surface area (Å²) in [5.41, 5.74) is 1.17. The molecule has 0 aliphatic rings. The monoisotopic (exact) mass is 533 g/mol. The lowest BCUT2D eigenvalue weighted by Gasteiger charge is -2.17. The number of thiophene rings is 1. The first-order valence-corrected chi connectivity index (χ1v) is 12.5. The number of nitrogens with one attached hydrogen (secondary N) is 1. The number of aromatic nitrogens is 2. The summed E-state index contributed by atoms with van der Waals surface area (Å²) in [5.74, 6) is -0.536. The molecule has 4 aromatic rings. The lowest BCUT2D eigenvalue weighted by molar-refractivity contribution is -0.147. The zero-order valence-electron chi connectivity index (χ0n) is 18.6. The number of hydrogen-bond acceptors (Lipinski definition) is 6. The average molecular weight is 534 g/mol. The summed E-state index contributed by atoms with van der Waals surface area (Å²) in [6.45, 7) is 2.23. The Hall–Kier alpha value is -3.78. The Morgan fingerprint density at radius 1 is 1.14 bits per heavy atom. The van der Waals surface area contributed by atoms with Crippen LogP contribution < -0.4 is 4.72 Å². The molecule has 13 heteroatoms. The van der Waals surface area contributed by atoms with Crippen molar-refractivity contribution in [3.8, 4) is 28.5 Å². The zero-order chi connectivity index (χ0) is 26.4. The van der Waals surface area contributed by atoms with Gasteiger partial charge in [-0.15, -0.1) is 11.3 Å². The van der Waals surface area contributed by atoms with Crippen LogP contribution in [0.2, 0.25) is 0 Å². The average Bonchev–Trinajstić information content (AvgIpc) is 3.40. The van der Waals surface area contributed by atoms with Crippen molar-refractivity contribution in [2.75, 3.05) is 0 Å². The molecule has 36 heavy (non-hydrogen) atoms. The van der Waals surface area contributed by atoms with Crippen molar-refractivity contribution >= 4 is 32.3 Å². The lowest BCUT2D eigenvalue weighted by Crippen LogP contribution is -2.42. The van der Waals surface area contributed by atoms with Crippen LogP contribution in [0.25, 0.3) is 27.3 Å². The number of benzene rings is 1. The lowest BCUT2D eigenvalue weighted by atomic mass is 10.1. The number of pyridine rings is 1. The van der Waals surface area contributed by atoms with Crippen LogP contribution in [0.15, 0.2) is 47.5 Å². The number of rotatable bonds is 5. The Kier molecular flexibility index (Phi) is 6.34. The number of nitrogens with zero attached hydrogens (tertiary/aromatic N) is 4. The van der Waals surface area contributed by atoms with Gasteiger partial charge in [0.05, 0.1) is 22.5 Å². The predicted octanol–water partition coefficient (Wildman–Crippen LogP) is 5.17. The van der Waals surface area contributed by atoms with Gasteiger partial charge in [0.15, 0.2) is 0 Å². The minimum absolute atomic E-state index is 0.0581. The van der Waals surface area contributed by atoms with Gasteiger partial charge in [0.2, 0.25) is 10.0 Å². The Morgan fingerprint density at radius 3 is 2.42 bits per heavy atom. The summed E-state index contributed by atoms with van der Waals surface area (Å²) in [4.78, 5) is 4.00. The fourth-order valence-electron chi connectivity index (χ4n) is 3.55. The van der Waals surface area contributed by atoms with Crippen molar-refractivity contribution < 1.29 is 26.0 Å². The van der Waals surface area contributed by atoms with E-state index in [9.17, 15) is 36.5 Å². The van der Waals surface area contributed by atoms with Gasteiger partial charge in [0.25, 0.3) is 0 Å². The van der Waals surface area contributed by atoms with Gasteiger partial charge in [0.1, 0.15) is 38.8 Å². The van der Waals surface area contributed by atoms with Crippen molar-refractivity contribution in [1.82, 2.24) is 14.3 Å². The predicted molar refractivity (Wildman–Crippen MR) is 124 cm³/mol. The largest absolute Gasteiger partial charge is 0.404 e. The highest BCUT2D eigenvalue weighted by molar-refractivity contribution is 7.89.